The van der Waals surface area contributed by atoms with Crippen LogP contribution in [0.3, 0.4) is 0 Å². The highest BCUT2D eigenvalue weighted by Gasteiger charge is 2.63. The normalized spacial score (nSPS) is 33.3. The molecule has 1 aromatic rings. The number of rotatable bonds is 3. The fourth-order valence-electron chi connectivity index (χ4n) is 9.29. The van der Waals surface area contributed by atoms with E-state index < -0.39 is 54.9 Å². The summed E-state index contributed by atoms with van der Waals surface area (Å²) in [5.74, 6) is -0.251. The molecule has 4 aliphatic heterocycles. The molecule has 13 nitrogen and oxygen atoms in total. The highest BCUT2D eigenvalue weighted by atomic mass is 16.7. The number of hydrogen-bond acceptors (Lipinski definition) is 9. The van der Waals surface area contributed by atoms with Crippen molar-refractivity contribution in [3.63, 3.8) is 0 Å². The number of alkyl carbamates (subject to hydrolysis) is 1. The molecule has 290 valence electrons. The van der Waals surface area contributed by atoms with Crippen LogP contribution in [-0.4, -0.2) is 103 Å². The van der Waals surface area contributed by atoms with Crippen molar-refractivity contribution in [1.29, 1.82) is 0 Å². The number of amides is 4. The molecule has 3 saturated carbocycles. The Hall–Kier alpha value is -3.36. The first kappa shape index (κ1) is 37.9. The molecule has 8 atom stereocenters. The molecular formula is C39H57BN4O9. The van der Waals surface area contributed by atoms with Gasteiger partial charge >= 0.3 is 19.3 Å². The van der Waals surface area contributed by atoms with Crippen LogP contribution in [0.5, 0.6) is 0 Å². The Labute approximate surface area is 313 Å². The van der Waals surface area contributed by atoms with Gasteiger partial charge in [0.15, 0.2) is 0 Å². The summed E-state index contributed by atoms with van der Waals surface area (Å²) in [7, 11) is -0.589. The average molecular weight is 737 g/mol. The Morgan fingerprint density at radius 2 is 1.70 bits per heavy atom. The Morgan fingerprint density at radius 3 is 2.42 bits per heavy atom. The number of carbonyl (C=O) groups excluding carboxylic acids is 4. The summed E-state index contributed by atoms with van der Waals surface area (Å²) in [6.45, 7) is 11.1. The van der Waals surface area contributed by atoms with Crippen molar-refractivity contribution in [1.82, 2.24) is 20.4 Å². The van der Waals surface area contributed by atoms with E-state index in [1.54, 1.807) is 25.7 Å². The van der Waals surface area contributed by atoms with Gasteiger partial charge in [-0.15, -0.1) is 0 Å². The van der Waals surface area contributed by atoms with Gasteiger partial charge in [-0.25, -0.2) is 9.59 Å². The molecule has 53 heavy (non-hydrogen) atoms. The van der Waals surface area contributed by atoms with Crippen molar-refractivity contribution in [2.45, 2.75) is 147 Å². The first-order valence-corrected chi connectivity index (χ1v) is 19.8. The van der Waals surface area contributed by atoms with E-state index in [0.717, 1.165) is 56.1 Å². The summed E-state index contributed by atoms with van der Waals surface area (Å²) < 4.78 is 30.7. The molecule has 8 rings (SSSR count). The van der Waals surface area contributed by atoms with E-state index in [0.29, 0.717) is 38.0 Å². The van der Waals surface area contributed by atoms with E-state index in [1.165, 1.54) is 4.90 Å². The van der Waals surface area contributed by atoms with Crippen LogP contribution in [0.15, 0.2) is 24.3 Å². The van der Waals surface area contributed by atoms with Gasteiger partial charge in [0.2, 0.25) is 11.8 Å². The van der Waals surface area contributed by atoms with Gasteiger partial charge in [-0.05, 0) is 74.8 Å². The van der Waals surface area contributed by atoms with Gasteiger partial charge in [-0.2, -0.15) is 0 Å². The summed E-state index contributed by atoms with van der Waals surface area (Å²) in [4.78, 5) is 58.3. The predicted octanol–water partition coefficient (Wildman–Crippen LogP) is 4.73. The summed E-state index contributed by atoms with van der Waals surface area (Å²) >= 11 is 0. The molecule has 0 spiro atoms. The van der Waals surface area contributed by atoms with Crippen molar-refractivity contribution in [2.24, 2.45) is 17.3 Å². The van der Waals surface area contributed by atoms with E-state index >= 15 is 0 Å². The molecule has 0 aromatic heterocycles. The number of carbonyl (C=O) groups is 4. The summed E-state index contributed by atoms with van der Waals surface area (Å²) in [5.41, 5.74) is 1.55. The minimum atomic E-state index is -1.12. The Morgan fingerprint density at radius 1 is 0.981 bits per heavy atom. The second-order valence-corrected chi connectivity index (χ2v) is 17.6. The predicted molar refractivity (Wildman–Crippen MR) is 195 cm³/mol. The summed E-state index contributed by atoms with van der Waals surface area (Å²) in [6.07, 6.45) is 5.53. The first-order chi connectivity index (χ1) is 25.3. The van der Waals surface area contributed by atoms with Gasteiger partial charge in [-0.3, -0.25) is 14.5 Å². The van der Waals surface area contributed by atoms with Crippen LogP contribution < -0.4 is 10.6 Å². The van der Waals surface area contributed by atoms with E-state index in [2.05, 4.69) is 24.5 Å². The number of benzene rings is 1. The lowest BCUT2D eigenvalue weighted by Crippen LogP contribution is -2.59. The lowest BCUT2D eigenvalue weighted by Gasteiger charge is -2.60. The van der Waals surface area contributed by atoms with Crippen molar-refractivity contribution < 1.29 is 42.7 Å². The maximum absolute atomic E-state index is 14.4. The lowest BCUT2D eigenvalue weighted by atomic mass is 9.47. The SMILES string of the molecule is CC(C)(C)OC(=O)N[C@H]1COCCCCCCC[C@H](B2OC3CC4CC(C3O2)C4(C)C)NC(=O)[C@@H]2C[C@@H](OC(=O)N3Cc4ccccc4C3)CN2C1=O. The summed E-state index contributed by atoms with van der Waals surface area (Å²) in [6, 6.07) is 5.79. The maximum atomic E-state index is 14.4. The monoisotopic (exact) mass is 736 g/mol. The van der Waals surface area contributed by atoms with Crippen LogP contribution in [0, 0.1) is 17.3 Å². The molecule has 2 bridgehead atoms. The van der Waals surface area contributed by atoms with Crippen molar-refractivity contribution >= 4 is 31.1 Å². The van der Waals surface area contributed by atoms with Gasteiger partial charge in [0.25, 0.3) is 0 Å². The third-order valence-electron chi connectivity index (χ3n) is 12.4. The molecule has 4 unspecified atom stereocenters. The smallest absolute Gasteiger partial charge is 0.444 e. The van der Waals surface area contributed by atoms with Crippen LogP contribution in [0.25, 0.3) is 0 Å². The number of hydrogen-bond donors (Lipinski definition) is 2. The molecular weight excluding hydrogens is 679 g/mol. The molecule has 14 heteroatoms. The largest absolute Gasteiger partial charge is 0.481 e. The van der Waals surface area contributed by atoms with Crippen molar-refractivity contribution in [3.05, 3.63) is 35.4 Å². The number of ether oxygens (including phenoxy) is 3. The fraction of sp³-hybridized carbons (Fsp3) is 0.744. The lowest BCUT2D eigenvalue weighted by molar-refractivity contribution is -0.150. The number of nitrogens with zero attached hydrogens (tertiary/aromatic N) is 2. The van der Waals surface area contributed by atoms with E-state index in [1.807, 2.05) is 24.3 Å². The van der Waals surface area contributed by atoms with E-state index in [-0.39, 0.29) is 43.1 Å². The third-order valence-corrected chi connectivity index (χ3v) is 12.4. The van der Waals surface area contributed by atoms with Crippen molar-refractivity contribution in [3.8, 4) is 0 Å². The standard InChI is InChI=1S/C39H57BN4O9/c1-38(2,3)51-36(47)41-29-23-49-16-12-8-6-7-9-15-32(40-52-31-18-26-17-28(33(31)53-40)39(26,4)5)42-34(45)30-19-27(22-44(30)35(29)46)50-37(48)43-20-24-13-10-11-14-25(24)21-43/h10-11,13-14,26-33H,6-9,12,15-23H2,1-5H3,(H,41,47)(H,42,45)/t26?,27-,28?,29+,30+,31?,32-,33?/m1/s1. The Bertz CT molecular complexity index is 1510. The highest BCUT2D eigenvalue weighted by molar-refractivity contribution is 6.47. The minimum absolute atomic E-state index is 0.00187. The molecule has 2 N–H and O–H groups in total. The van der Waals surface area contributed by atoms with E-state index in [9.17, 15) is 19.2 Å². The molecule has 3 aliphatic carbocycles. The molecule has 4 heterocycles. The fourth-order valence-corrected chi connectivity index (χ4v) is 9.29. The molecule has 6 fully saturated rings. The topological polar surface area (TPSA) is 145 Å². The van der Waals surface area contributed by atoms with Crippen molar-refractivity contribution in [2.75, 3.05) is 19.8 Å². The summed E-state index contributed by atoms with van der Waals surface area (Å²) in [5, 5.41) is 5.94. The van der Waals surface area contributed by atoms with Gasteiger partial charge < -0.3 is 39.1 Å². The van der Waals surface area contributed by atoms with Crippen LogP contribution >= 0.6 is 0 Å². The third kappa shape index (κ3) is 8.34. The number of fused-ring (bicyclic) bond motifs is 2. The molecule has 1 aromatic carbocycles. The highest BCUT2D eigenvalue weighted by Crippen LogP contribution is 2.61. The van der Waals surface area contributed by atoms with Crippen LogP contribution in [0.4, 0.5) is 9.59 Å². The second kappa shape index (κ2) is 15.4. The maximum Gasteiger partial charge on any atom is 0.481 e. The van der Waals surface area contributed by atoms with Crippen LogP contribution in [0.2, 0.25) is 0 Å². The molecule has 3 saturated heterocycles. The minimum Gasteiger partial charge on any atom is -0.444 e. The molecule has 0 radical (unpaired) electrons. The zero-order chi connectivity index (χ0) is 37.5. The number of nitrogens with one attached hydrogen (secondary N) is 2. The zero-order valence-corrected chi connectivity index (χ0v) is 32.0. The zero-order valence-electron chi connectivity index (χ0n) is 32.0. The molecule has 4 amide bonds. The van der Waals surface area contributed by atoms with E-state index in [4.69, 9.17) is 23.5 Å². The second-order valence-electron chi connectivity index (χ2n) is 17.6. The van der Waals surface area contributed by atoms with Crippen LogP contribution in [0.1, 0.15) is 104 Å². The van der Waals surface area contributed by atoms with Gasteiger partial charge in [0.1, 0.15) is 23.8 Å². The Balaban J connectivity index is 1.10. The van der Waals surface area contributed by atoms with Gasteiger partial charge in [-0.1, -0.05) is 63.8 Å². The average Bonchev–Trinajstić information content (AvgIpc) is 3.85. The van der Waals surface area contributed by atoms with Gasteiger partial charge in [0.05, 0.1) is 31.3 Å². The first-order valence-electron chi connectivity index (χ1n) is 19.8. The van der Waals surface area contributed by atoms with Gasteiger partial charge in [0, 0.05) is 26.1 Å². The van der Waals surface area contributed by atoms with Crippen LogP contribution in [-0.2, 0) is 46.2 Å². The Kier molecular flexibility index (Phi) is 11.0. The quantitative estimate of drug-likeness (QED) is 0.421. The molecule has 7 aliphatic rings.